The lowest BCUT2D eigenvalue weighted by Gasteiger charge is -2.14. The number of aromatic nitrogens is 2. The Bertz CT molecular complexity index is 598. The molecule has 0 saturated heterocycles. The second-order valence-corrected chi connectivity index (χ2v) is 5.09. The number of ether oxygens (including phenoxy) is 2. The summed E-state index contributed by atoms with van der Waals surface area (Å²) >= 11 is 0. The van der Waals surface area contributed by atoms with E-state index in [0.29, 0.717) is 13.2 Å². The summed E-state index contributed by atoms with van der Waals surface area (Å²) in [5, 5.41) is 17.1. The summed E-state index contributed by atoms with van der Waals surface area (Å²) in [6.45, 7) is 3.10. The lowest BCUT2D eigenvalue weighted by atomic mass is 10.1. The second-order valence-electron chi connectivity index (χ2n) is 5.09. The number of aliphatic hydroxyl groups is 1. The average molecular weight is 305 g/mol. The van der Waals surface area contributed by atoms with Gasteiger partial charge in [0.25, 0.3) is 0 Å². The molecule has 1 atom stereocenters. The van der Waals surface area contributed by atoms with Gasteiger partial charge in [-0.2, -0.15) is 5.10 Å². The van der Waals surface area contributed by atoms with Crippen molar-refractivity contribution >= 4 is 5.82 Å². The van der Waals surface area contributed by atoms with E-state index in [2.05, 4.69) is 10.4 Å². The van der Waals surface area contributed by atoms with Crippen molar-refractivity contribution in [1.29, 1.82) is 0 Å². The highest BCUT2D eigenvalue weighted by Gasteiger charge is 2.12. The molecule has 1 heterocycles. The Morgan fingerprint density at radius 2 is 2.14 bits per heavy atom. The van der Waals surface area contributed by atoms with Gasteiger partial charge in [0.05, 0.1) is 32.6 Å². The number of hydrogen-bond donors (Lipinski definition) is 2. The average Bonchev–Trinajstić information content (AvgIpc) is 2.91. The molecule has 0 bridgehead atoms. The molecule has 2 rings (SSSR count). The zero-order valence-electron chi connectivity index (χ0n) is 13.2. The van der Waals surface area contributed by atoms with Crippen molar-refractivity contribution < 1.29 is 14.6 Å². The summed E-state index contributed by atoms with van der Waals surface area (Å²) in [5.41, 5.74) is 1.80. The molecular formula is C16H23N3O3. The first kappa shape index (κ1) is 16.3. The van der Waals surface area contributed by atoms with Crippen LogP contribution in [0.15, 0.2) is 30.3 Å². The van der Waals surface area contributed by atoms with Crippen LogP contribution in [0, 0.1) is 0 Å². The van der Waals surface area contributed by atoms with Crippen LogP contribution in [0.5, 0.6) is 5.75 Å². The van der Waals surface area contributed by atoms with Crippen LogP contribution in [0.4, 0.5) is 5.82 Å². The number of benzene rings is 1. The minimum Gasteiger partial charge on any atom is -0.497 e. The van der Waals surface area contributed by atoms with Crippen LogP contribution in [0.1, 0.15) is 6.92 Å². The topological polar surface area (TPSA) is 68.5 Å². The molecule has 0 radical (unpaired) electrons. The van der Waals surface area contributed by atoms with Crippen LogP contribution in [0.3, 0.4) is 0 Å². The van der Waals surface area contributed by atoms with E-state index in [0.717, 1.165) is 22.8 Å². The molecule has 0 amide bonds. The van der Waals surface area contributed by atoms with Gasteiger partial charge in [-0.15, -0.1) is 0 Å². The number of aliphatic hydroxyl groups excluding tert-OH is 1. The van der Waals surface area contributed by atoms with Gasteiger partial charge in [0.15, 0.2) is 0 Å². The quantitative estimate of drug-likeness (QED) is 0.781. The highest BCUT2D eigenvalue weighted by Crippen LogP contribution is 2.25. The molecule has 0 fully saturated rings. The molecule has 1 aromatic carbocycles. The molecule has 0 spiro atoms. The maximum Gasteiger partial charge on any atom is 0.125 e. The van der Waals surface area contributed by atoms with Crippen LogP contribution in [0.25, 0.3) is 11.3 Å². The van der Waals surface area contributed by atoms with Crippen molar-refractivity contribution in [3.8, 4) is 17.0 Å². The Morgan fingerprint density at radius 1 is 1.32 bits per heavy atom. The lowest BCUT2D eigenvalue weighted by Crippen LogP contribution is -2.23. The normalized spacial score (nSPS) is 12.2. The fraction of sp³-hybridized carbons (Fsp3) is 0.438. The van der Waals surface area contributed by atoms with Crippen LogP contribution in [-0.2, 0) is 11.3 Å². The van der Waals surface area contributed by atoms with Gasteiger partial charge in [-0.25, -0.2) is 4.68 Å². The molecule has 0 aliphatic heterocycles. The number of nitrogens with zero attached hydrogens (tertiary/aromatic N) is 2. The van der Waals surface area contributed by atoms with Crippen molar-refractivity contribution in [2.24, 2.45) is 0 Å². The molecule has 0 aliphatic rings. The molecule has 22 heavy (non-hydrogen) atoms. The van der Waals surface area contributed by atoms with Gasteiger partial charge in [-0.3, -0.25) is 0 Å². The number of hydrogen-bond acceptors (Lipinski definition) is 5. The first-order valence-electron chi connectivity index (χ1n) is 7.26. The number of methoxy groups -OCH3 is 2. The SMILES string of the molecule is COCC(C)Nc1cc(-c2cccc(OC)c2)nn1CCO. The van der Waals surface area contributed by atoms with Gasteiger partial charge in [0.2, 0.25) is 0 Å². The summed E-state index contributed by atoms with van der Waals surface area (Å²) in [6, 6.07) is 9.87. The number of anilines is 1. The third kappa shape index (κ3) is 3.99. The summed E-state index contributed by atoms with van der Waals surface area (Å²) in [5.74, 6) is 1.65. The van der Waals surface area contributed by atoms with E-state index >= 15 is 0 Å². The zero-order valence-corrected chi connectivity index (χ0v) is 13.2. The smallest absolute Gasteiger partial charge is 0.125 e. The van der Waals surface area contributed by atoms with Crippen molar-refractivity contribution in [2.75, 3.05) is 32.8 Å². The molecule has 6 heteroatoms. The van der Waals surface area contributed by atoms with Gasteiger partial charge in [-0.05, 0) is 19.1 Å². The lowest BCUT2D eigenvalue weighted by molar-refractivity contribution is 0.190. The molecule has 120 valence electrons. The Labute approximate surface area is 130 Å². The summed E-state index contributed by atoms with van der Waals surface area (Å²) < 4.78 is 12.2. The minimum atomic E-state index is 0.0343. The van der Waals surface area contributed by atoms with Crippen molar-refractivity contribution in [1.82, 2.24) is 9.78 Å². The molecule has 1 unspecified atom stereocenters. The molecule has 2 aromatic rings. The predicted octanol–water partition coefficient (Wildman–Crippen LogP) is 2.00. The fourth-order valence-corrected chi connectivity index (χ4v) is 2.27. The molecule has 1 aromatic heterocycles. The highest BCUT2D eigenvalue weighted by molar-refractivity contribution is 5.64. The monoisotopic (exact) mass is 305 g/mol. The third-order valence-electron chi connectivity index (χ3n) is 3.27. The van der Waals surface area contributed by atoms with Gasteiger partial charge < -0.3 is 19.9 Å². The summed E-state index contributed by atoms with van der Waals surface area (Å²) in [6.07, 6.45) is 0. The molecule has 2 N–H and O–H groups in total. The van der Waals surface area contributed by atoms with Crippen LogP contribution < -0.4 is 10.1 Å². The van der Waals surface area contributed by atoms with Crippen molar-refractivity contribution in [3.63, 3.8) is 0 Å². The maximum absolute atomic E-state index is 9.21. The van der Waals surface area contributed by atoms with E-state index in [9.17, 15) is 5.11 Å². The van der Waals surface area contributed by atoms with Gasteiger partial charge >= 0.3 is 0 Å². The standard InChI is InChI=1S/C16H23N3O3/c1-12(11-21-2)17-16-10-15(18-19(16)7-8-20)13-5-4-6-14(9-13)22-3/h4-6,9-10,12,17,20H,7-8,11H2,1-3H3. The Hall–Kier alpha value is -2.05. The largest absolute Gasteiger partial charge is 0.497 e. The van der Waals surface area contributed by atoms with E-state index in [4.69, 9.17) is 9.47 Å². The maximum atomic E-state index is 9.21. The highest BCUT2D eigenvalue weighted by atomic mass is 16.5. The zero-order chi connectivity index (χ0) is 15.9. The fourth-order valence-electron chi connectivity index (χ4n) is 2.27. The predicted molar refractivity (Wildman–Crippen MR) is 86.3 cm³/mol. The third-order valence-corrected chi connectivity index (χ3v) is 3.27. The van der Waals surface area contributed by atoms with E-state index in [-0.39, 0.29) is 12.6 Å². The molecule has 0 aliphatic carbocycles. The summed E-state index contributed by atoms with van der Waals surface area (Å²) in [7, 11) is 3.31. The molecule has 0 saturated carbocycles. The van der Waals surface area contributed by atoms with E-state index in [1.165, 1.54) is 0 Å². The first-order chi connectivity index (χ1) is 10.7. The second kappa shape index (κ2) is 7.82. The minimum absolute atomic E-state index is 0.0343. The van der Waals surface area contributed by atoms with E-state index in [1.54, 1.807) is 18.9 Å². The Morgan fingerprint density at radius 3 is 2.82 bits per heavy atom. The van der Waals surface area contributed by atoms with Crippen LogP contribution >= 0.6 is 0 Å². The van der Waals surface area contributed by atoms with Crippen molar-refractivity contribution in [2.45, 2.75) is 19.5 Å². The summed E-state index contributed by atoms with van der Waals surface area (Å²) in [4.78, 5) is 0. The van der Waals surface area contributed by atoms with Crippen LogP contribution in [0.2, 0.25) is 0 Å². The molecule has 6 nitrogen and oxygen atoms in total. The van der Waals surface area contributed by atoms with Gasteiger partial charge in [0.1, 0.15) is 11.6 Å². The van der Waals surface area contributed by atoms with Gasteiger partial charge in [-0.1, -0.05) is 12.1 Å². The van der Waals surface area contributed by atoms with Crippen LogP contribution in [-0.4, -0.2) is 48.4 Å². The van der Waals surface area contributed by atoms with E-state index in [1.807, 2.05) is 37.3 Å². The van der Waals surface area contributed by atoms with Crippen molar-refractivity contribution in [3.05, 3.63) is 30.3 Å². The first-order valence-corrected chi connectivity index (χ1v) is 7.26. The Kier molecular flexibility index (Phi) is 5.80. The Balaban J connectivity index is 2.28. The molecular weight excluding hydrogens is 282 g/mol. The van der Waals surface area contributed by atoms with Gasteiger partial charge in [0, 0.05) is 24.8 Å². The number of rotatable bonds is 8. The van der Waals surface area contributed by atoms with E-state index < -0.39 is 0 Å². The number of nitrogens with one attached hydrogen (secondary N) is 1.